The van der Waals surface area contributed by atoms with Crippen LogP contribution in [0.2, 0.25) is 0 Å². The van der Waals surface area contributed by atoms with Crippen molar-refractivity contribution in [2.75, 3.05) is 17.8 Å². The van der Waals surface area contributed by atoms with Gasteiger partial charge < -0.3 is 11.5 Å². The smallest absolute Gasteiger partial charge is 0.237 e. The molecule has 0 aliphatic heterocycles. The number of carbonyl (C=O) groups is 1. The van der Waals surface area contributed by atoms with E-state index in [0.29, 0.717) is 12.2 Å². The molecule has 2 atom stereocenters. The van der Waals surface area contributed by atoms with Gasteiger partial charge in [0.25, 0.3) is 0 Å². The Hall–Kier alpha value is -0.270. The summed E-state index contributed by atoms with van der Waals surface area (Å²) >= 11 is 1.48. The van der Waals surface area contributed by atoms with Gasteiger partial charge in [-0.1, -0.05) is 6.92 Å². The molecule has 0 spiro atoms. The highest BCUT2D eigenvalue weighted by molar-refractivity contribution is 8.01. The van der Waals surface area contributed by atoms with Crippen LogP contribution >= 0.6 is 11.8 Å². The summed E-state index contributed by atoms with van der Waals surface area (Å²) < 4.78 is 21.8. The molecule has 4 N–H and O–H groups in total. The van der Waals surface area contributed by atoms with Crippen LogP contribution in [-0.2, 0) is 14.6 Å². The van der Waals surface area contributed by atoms with Crippen LogP contribution in [0.25, 0.3) is 0 Å². The third-order valence-corrected chi connectivity index (χ3v) is 4.51. The minimum Gasteiger partial charge on any atom is -0.368 e. The molecule has 96 valence electrons. The van der Waals surface area contributed by atoms with E-state index in [0.717, 1.165) is 0 Å². The van der Waals surface area contributed by atoms with Gasteiger partial charge in [-0.25, -0.2) is 8.42 Å². The van der Waals surface area contributed by atoms with Crippen LogP contribution in [0.1, 0.15) is 20.3 Å². The first-order valence-corrected chi connectivity index (χ1v) is 8.03. The summed E-state index contributed by atoms with van der Waals surface area (Å²) in [5, 5.41) is 0.101. The second-order valence-corrected chi connectivity index (χ2v) is 8.10. The van der Waals surface area contributed by atoms with Crippen LogP contribution in [-0.4, -0.2) is 42.9 Å². The first-order chi connectivity index (χ1) is 7.04. The molecule has 0 fully saturated rings. The molecule has 0 saturated carbocycles. The molecule has 0 heterocycles. The summed E-state index contributed by atoms with van der Waals surface area (Å²) in [5.41, 5.74) is 9.83. The maximum atomic E-state index is 11.0. The lowest BCUT2D eigenvalue weighted by molar-refractivity contribution is -0.122. The fourth-order valence-electron chi connectivity index (χ4n) is 1.16. The Morgan fingerprint density at radius 1 is 1.50 bits per heavy atom. The lowest BCUT2D eigenvalue weighted by Gasteiger charge is -2.24. The summed E-state index contributed by atoms with van der Waals surface area (Å²) in [7, 11) is -2.92. The standard InChI is InChI=1S/C9H20N2O3S2/c1-7(6-9(2,11)8(10)12)15-4-5-16(3,13)14/h7H,4-6,11H2,1-3H3,(H2,10,12). The van der Waals surface area contributed by atoms with E-state index in [9.17, 15) is 13.2 Å². The molecule has 0 aromatic rings. The van der Waals surface area contributed by atoms with Crippen LogP contribution in [0.15, 0.2) is 0 Å². The van der Waals surface area contributed by atoms with Gasteiger partial charge in [0, 0.05) is 17.3 Å². The quantitative estimate of drug-likeness (QED) is 0.662. The summed E-state index contributed by atoms with van der Waals surface area (Å²) in [6.45, 7) is 3.49. The maximum absolute atomic E-state index is 11.0. The number of nitrogens with two attached hydrogens (primary N) is 2. The zero-order valence-corrected chi connectivity index (χ0v) is 11.5. The predicted molar refractivity (Wildman–Crippen MR) is 68.0 cm³/mol. The van der Waals surface area contributed by atoms with Gasteiger partial charge in [0.2, 0.25) is 5.91 Å². The van der Waals surface area contributed by atoms with E-state index in [1.807, 2.05) is 6.92 Å². The van der Waals surface area contributed by atoms with Crippen molar-refractivity contribution < 1.29 is 13.2 Å². The molecule has 2 unspecified atom stereocenters. The van der Waals surface area contributed by atoms with Crippen molar-refractivity contribution >= 4 is 27.5 Å². The Morgan fingerprint density at radius 3 is 2.38 bits per heavy atom. The van der Waals surface area contributed by atoms with Crippen molar-refractivity contribution in [3.8, 4) is 0 Å². The Kier molecular flexibility index (Phi) is 5.78. The molecule has 0 aromatic heterocycles. The monoisotopic (exact) mass is 268 g/mol. The largest absolute Gasteiger partial charge is 0.368 e. The van der Waals surface area contributed by atoms with Gasteiger partial charge in [-0.3, -0.25) is 4.79 Å². The van der Waals surface area contributed by atoms with Crippen LogP contribution < -0.4 is 11.5 Å². The van der Waals surface area contributed by atoms with Crippen molar-refractivity contribution in [3.05, 3.63) is 0 Å². The molecule has 7 heteroatoms. The minimum atomic E-state index is -2.92. The zero-order chi connectivity index (χ0) is 13.0. The lowest BCUT2D eigenvalue weighted by atomic mass is 9.97. The minimum absolute atomic E-state index is 0.101. The van der Waals surface area contributed by atoms with Gasteiger partial charge >= 0.3 is 0 Å². The number of hydrogen-bond acceptors (Lipinski definition) is 5. The number of primary amides is 1. The third kappa shape index (κ3) is 7.08. The second-order valence-electron chi connectivity index (χ2n) is 4.30. The zero-order valence-electron chi connectivity index (χ0n) is 9.89. The van der Waals surface area contributed by atoms with E-state index in [4.69, 9.17) is 11.5 Å². The number of amides is 1. The molecule has 0 aliphatic carbocycles. The molecular formula is C9H20N2O3S2. The molecule has 16 heavy (non-hydrogen) atoms. The van der Waals surface area contributed by atoms with Gasteiger partial charge in [0.1, 0.15) is 9.84 Å². The lowest BCUT2D eigenvalue weighted by Crippen LogP contribution is -2.50. The topological polar surface area (TPSA) is 103 Å². The van der Waals surface area contributed by atoms with Gasteiger partial charge in [0.15, 0.2) is 0 Å². The molecule has 0 aliphatic rings. The highest BCUT2D eigenvalue weighted by atomic mass is 32.2. The van der Waals surface area contributed by atoms with Crippen molar-refractivity contribution in [1.29, 1.82) is 0 Å². The molecule has 0 radical (unpaired) electrons. The summed E-state index contributed by atoms with van der Waals surface area (Å²) in [5.74, 6) is 0.109. The summed E-state index contributed by atoms with van der Waals surface area (Å²) in [6, 6.07) is 0. The summed E-state index contributed by atoms with van der Waals surface area (Å²) in [6.07, 6.45) is 1.64. The van der Waals surface area contributed by atoms with E-state index < -0.39 is 21.3 Å². The van der Waals surface area contributed by atoms with Crippen molar-refractivity contribution in [1.82, 2.24) is 0 Å². The summed E-state index contributed by atoms with van der Waals surface area (Å²) in [4.78, 5) is 11.0. The average Bonchev–Trinajstić information content (AvgIpc) is 1.99. The predicted octanol–water partition coefficient (Wildman–Crippen LogP) is -0.254. The van der Waals surface area contributed by atoms with Crippen LogP contribution in [0.3, 0.4) is 0 Å². The van der Waals surface area contributed by atoms with Crippen LogP contribution in [0.5, 0.6) is 0 Å². The first kappa shape index (κ1) is 15.7. The van der Waals surface area contributed by atoms with Crippen molar-refractivity contribution in [3.63, 3.8) is 0 Å². The molecule has 0 rings (SSSR count). The number of thioether (sulfide) groups is 1. The SMILES string of the molecule is CC(CC(C)(N)C(N)=O)SCCS(C)(=O)=O. The number of sulfone groups is 1. The van der Waals surface area contributed by atoms with Crippen LogP contribution in [0, 0.1) is 0 Å². The van der Waals surface area contributed by atoms with Gasteiger partial charge in [0.05, 0.1) is 11.3 Å². The first-order valence-electron chi connectivity index (χ1n) is 4.93. The normalized spacial score (nSPS) is 17.8. The number of hydrogen-bond donors (Lipinski definition) is 2. The molecule has 5 nitrogen and oxygen atoms in total. The molecule has 1 amide bonds. The molecule has 0 saturated heterocycles. The average molecular weight is 268 g/mol. The Balaban J connectivity index is 4.01. The fraction of sp³-hybridized carbons (Fsp3) is 0.889. The Bertz CT molecular complexity index is 339. The number of rotatable bonds is 7. The Labute approximate surface area is 101 Å². The fourth-order valence-corrected chi connectivity index (χ4v) is 3.62. The highest BCUT2D eigenvalue weighted by Crippen LogP contribution is 2.20. The molecule has 0 aromatic carbocycles. The Morgan fingerprint density at radius 2 is 2.00 bits per heavy atom. The van der Waals surface area contributed by atoms with Crippen molar-refractivity contribution in [2.45, 2.75) is 31.1 Å². The highest BCUT2D eigenvalue weighted by Gasteiger charge is 2.27. The van der Waals surface area contributed by atoms with E-state index in [2.05, 4.69) is 0 Å². The number of carbonyl (C=O) groups excluding carboxylic acids is 1. The third-order valence-electron chi connectivity index (χ3n) is 2.13. The molecular weight excluding hydrogens is 248 g/mol. The van der Waals surface area contributed by atoms with Gasteiger partial charge in [-0.05, 0) is 13.3 Å². The van der Waals surface area contributed by atoms with E-state index in [1.165, 1.54) is 18.0 Å². The molecule has 0 bridgehead atoms. The van der Waals surface area contributed by atoms with E-state index in [-0.39, 0.29) is 11.0 Å². The van der Waals surface area contributed by atoms with Crippen LogP contribution in [0.4, 0.5) is 0 Å². The second kappa shape index (κ2) is 5.88. The van der Waals surface area contributed by atoms with E-state index in [1.54, 1.807) is 6.92 Å². The van der Waals surface area contributed by atoms with Gasteiger partial charge in [-0.15, -0.1) is 0 Å². The van der Waals surface area contributed by atoms with Crippen molar-refractivity contribution in [2.24, 2.45) is 11.5 Å². The maximum Gasteiger partial charge on any atom is 0.237 e. The van der Waals surface area contributed by atoms with Gasteiger partial charge in [-0.2, -0.15) is 11.8 Å². The van der Waals surface area contributed by atoms with E-state index >= 15 is 0 Å².